The Morgan fingerprint density at radius 3 is 2.41 bits per heavy atom. The van der Waals surface area contributed by atoms with Gasteiger partial charge in [-0.05, 0) is 74.0 Å². The van der Waals surface area contributed by atoms with Crippen LogP contribution in [-0.4, -0.2) is 47.6 Å². The zero-order valence-corrected chi connectivity index (χ0v) is 21.4. The van der Waals surface area contributed by atoms with Gasteiger partial charge in [-0.2, -0.15) is 0 Å². The molecule has 0 aromatic rings. The van der Waals surface area contributed by atoms with Gasteiger partial charge in [0, 0.05) is 55.4 Å². The van der Waals surface area contributed by atoms with Crippen LogP contribution in [0.15, 0.2) is 11.8 Å². The molecule has 180 valence electrons. The van der Waals surface area contributed by atoms with Crippen LogP contribution >= 0.6 is 23.2 Å². The molecule has 0 saturated heterocycles. The number of fused-ring (bicyclic) bond motifs is 5. The molecule has 0 aromatic heterocycles. The lowest BCUT2D eigenvalue weighted by atomic mass is 9.45. The fourth-order valence-electron chi connectivity index (χ4n) is 8.15. The van der Waals surface area contributed by atoms with Gasteiger partial charge in [0.1, 0.15) is 6.10 Å². The highest BCUT2D eigenvalue weighted by Crippen LogP contribution is 2.66. The summed E-state index contributed by atoms with van der Waals surface area (Å²) < 4.78 is 5.80. The lowest BCUT2D eigenvalue weighted by molar-refractivity contribution is -0.160. The van der Waals surface area contributed by atoms with Gasteiger partial charge >= 0.3 is 5.97 Å². The van der Waals surface area contributed by atoms with Gasteiger partial charge in [-0.3, -0.25) is 9.59 Å². The average Bonchev–Trinajstić information content (AvgIpc) is 3.05. The third-order valence-corrected chi connectivity index (χ3v) is 10.1. The van der Waals surface area contributed by atoms with Crippen LogP contribution in [0, 0.1) is 34.5 Å². The zero-order chi connectivity index (χ0) is 23.1. The number of Topliss-reactive ketones (excluding diaryl/α,β-unsaturated/α-hetero) is 1. The van der Waals surface area contributed by atoms with Crippen molar-refractivity contribution in [3.63, 3.8) is 0 Å². The summed E-state index contributed by atoms with van der Waals surface area (Å²) in [4.78, 5) is 26.9. The Morgan fingerprint density at radius 1 is 1.06 bits per heavy atom. The largest absolute Gasteiger partial charge is 0.462 e. The van der Waals surface area contributed by atoms with Crippen molar-refractivity contribution in [2.24, 2.45) is 34.5 Å². The highest BCUT2D eigenvalue weighted by Gasteiger charge is 2.61. The molecule has 4 nitrogen and oxygen atoms in total. The van der Waals surface area contributed by atoms with Crippen LogP contribution in [0.5, 0.6) is 0 Å². The molecule has 4 aliphatic rings. The van der Waals surface area contributed by atoms with Crippen LogP contribution in [0.2, 0.25) is 0 Å². The number of ether oxygens (including phenoxy) is 1. The quantitative estimate of drug-likeness (QED) is 0.272. The Labute approximate surface area is 203 Å². The first-order chi connectivity index (χ1) is 15.2. The van der Waals surface area contributed by atoms with Gasteiger partial charge in [-0.1, -0.05) is 13.8 Å². The molecule has 6 heteroatoms. The molecule has 0 aromatic carbocycles. The minimum atomic E-state index is -0.145. The molecular weight excluding hydrogens is 445 g/mol. The second kappa shape index (κ2) is 9.49. The summed E-state index contributed by atoms with van der Waals surface area (Å²) in [5, 5.41) is 0. The van der Waals surface area contributed by atoms with E-state index in [4.69, 9.17) is 27.9 Å². The van der Waals surface area contributed by atoms with E-state index in [-0.39, 0.29) is 22.9 Å². The normalized spacial score (nSPS) is 42.2. The Bertz CT molecular complexity index is 764. The number of hydrogen-bond donors (Lipinski definition) is 0. The molecular formula is C26H39Cl2NO3. The summed E-state index contributed by atoms with van der Waals surface area (Å²) in [6, 6.07) is 0. The van der Waals surface area contributed by atoms with Gasteiger partial charge in [0.25, 0.3) is 0 Å². The van der Waals surface area contributed by atoms with E-state index in [9.17, 15) is 9.59 Å². The van der Waals surface area contributed by atoms with Crippen molar-refractivity contribution in [2.75, 3.05) is 24.8 Å². The summed E-state index contributed by atoms with van der Waals surface area (Å²) in [7, 11) is 0. The van der Waals surface area contributed by atoms with Crippen molar-refractivity contribution < 1.29 is 14.3 Å². The van der Waals surface area contributed by atoms with Crippen LogP contribution < -0.4 is 0 Å². The molecule has 7 atom stereocenters. The summed E-state index contributed by atoms with van der Waals surface area (Å²) in [5.74, 6) is 3.65. The van der Waals surface area contributed by atoms with Gasteiger partial charge in [0.15, 0.2) is 5.78 Å². The summed E-state index contributed by atoms with van der Waals surface area (Å²) >= 11 is 12.0. The molecule has 0 amide bonds. The van der Waals surface area contributed by atoms with Gasteiger partial charge in [-0.15, -0.1) is 23.2 Å². The third kappa shape index (κ3) is 4.24. The molecule has 0 N–H and O–H groups in total. The molecule has 0 heterocycles. The third-order valence-electron chi connectivity index (χ3n) is 9.73. The van der Waals surface area contributed by atoms with Gasteiger partial charge in [0.05, 0.1) is 0 Å². The highest BCUT2D eigenvalue weighted by molar-refractivity contribution is 6.18. The van der Waals surface area contributed by atoms with Gasteiger partial charge < -0.3 is 9.64 Å². The SMILES string of the molecule is CC(=O)OC1CCC2C3CCC4CC(=O)C(=CN(CCCl)CCCl)CC4(C)C3CCC12C. The Balaban J connectivity index is 1.57. The molecule has 0 bridgehead atoms. The van der Waals surface area contributed by atoms with E-state index in [0.29, 0.717) is 47.6 Å². The fourth-order valence-corrected chi connectivity index (χ4v) is 8.59. The number of allylic oxidation sites excluding steroid dienone is 1. The van der Waals surface area contributed by atoms with E-state index in [1.165, 1.54) is 12.8 Å². The average molecular weight is 485 g/mol. The monoisotopic (exact) mass is 483 g/mol. The predicted molar refractivity (Wildman–Crippen MR) is 129 cm³/mol. The molecule has 0 aliphatic heterocycles. The number of nitrogens with zero attached hydrogens (tertiary/aromatic N) is 1. The van der Waals surface area contributed by atoms with E-state index in [1.807, 2.05) is 0 Å². The number of rotatable bonds is 6. The molecule has 7 unspecified atom stereocenters. The topological polar surface area (TPSA) is 46.6 Å². The van der Waals surface area contributed by atoms with Crippen molar-refractivity contribution in [3.8, 4) is 0 Å². The van der Waals surface area contributed by atoms with E-state index >= 15 is 0 Å². The maximum Gasteiger partial charge on any atom is 0.302 e. The van der Waals surface area contributed by atoms with Crippen molar-refractivity contribution in [1.82, 2.24) is 4.90 Å². The van der Waals surface area contributed by atoms with Crippen LogP contribution in [0.4, 0.5) is 0 Å². The van der Waals surface area contributed by atoms with Crippen LogP contribution in [-0.2, 0) is 14.3 Å². The van der Waals surface area contributed by atoms with E-state index in [1.54, 1.807) is 6.92 Å². The predicted octanol–water partition coefficient (Wildman–Crippen LogP) is 5.80. The van der Waals surface area contributed by atoms with Crippen molar-refractivity contribution in [3.05, 3.63) is 11.8 Å². The Morgan fingerprint density at radius 2 is 1.75 bits per heavy atom. The Hall–Kier alpha value is -0.740. The van der Waals surface area contributed by atoms with Crippen LogP contribution in [0.25, 0.3) is 0 Å². The number of ketones is 1. The Kier molecular flexibility index (Phi) is 7.23. The smallest absolute Gasteiger partial charge is 0.302 e. The van der Waals surface area contributed by atoms with E-state index in [2.05, 4.69) is 24.9 Å². The first-order valence-corrected chi connectivity index (χ1v) is 13.6. The maximum absolute atomic E-state index is 13.1. The zero-order valence-electron chi connectivity index (χ0n) is 19.9. The molecule has 4 aliphatic carbocycles. The summed E-state index contributed by atoms with van der Waals surface area (Å²) in [5.41, 5.74) is 1.24. The van der Waals surface area contributed by atoms with Crippen LogP contribution in [0.1, 0.15) is 72.1 Å². The molecule has 4 saturated carbocycles. The van der Waals surface area contributed by atoms with E-state index < -0.39 is 0 Å². The second-order valence-corrected chi connectivity index (χ2v) is 12.0. The number of esters is 1. The molecule has 32 heavy (non-hydrogen) atoms. The minimum Gasteiger partial charge on any atom is -0.462 e. The maximum atomic E-state index is 13.1. The summed E-state index contributed by atoms with van der Waals surface area (Å²) in [6.45, 7) is 7.81. The first-order valence-electron chi connectivity index (χ1n) is 12.5. The molecule has 0 radical (unpaired) electrons. The van der Waals surface area contributed by atoms with Crippen molar-refractivity contribution >= 4 is 35.0 Å². The number of halogens is 2. The number of hydrogen-bond acceptors (Lipinski definition) is 4. The standard InChI is InChI=1S/C26H39Cl2NO3/c1-17(30)32-24-7-6-21-20-5-4-19-14-23(31)18(16-29(12-10-27)13-11-28)15-26(19,3)22(20)8-9-25(21,24)2/h16,19-22,24H,4-15H2,1-3H3. The number of carbonyl (C=O) groups is 2. The fraction of sp³-hybridized carbons (Fsp3) is 0.846. The number of carbonyl (C=O) groups excluding carboxylic acids is 2. The molecule has 0 spiro atoms. The van der Waals surface area contributed by atoms with Crippen molar-refractivity contribution in [1.29, 1.82) is 0 Å². The molecule has 4 fully saturated rings. The summed E-state index contributed by atoms with van der Waals surface area (Å²) in [6.07, 6.45) is 10.5. The number of alkyl halides is 2. The van der Waals surface area contributed by atoms with Gasteiger partial charge in [0.2, 0.25) is 0 Å². The lowest BCUT2D eigenvalue weighted by Crippen LogP contribution is -2.54. The van der Waals surface area contributed by atoms with Crippen LogP contribution in [0.3, 0.4) is 0 Å². The first kappa shape index (κ1) is 24.4. The van der Waals surface area contributed by atoms with Gasteiger partial charge in [-0.25, -0.2) is 0 Å². The second-order valence-electron chi connectivity index (χ2n) is 11.2. The van der Waals surface area contributed by atoms with E-state index in [0.717, 1.165) is 50.8 Å². The lowest BCUT2D eigenvalue weighted by Gasteiger charge is -2.60. The molecule has 4 rings (SSSR count). The highest BCUT2D eigenvalue weighted by atomic mass is 35.5. The van der Waals surface area contributed by atoms with Crippen molar-refractivity contribution in [2.45, 2.75) is 78.2 Å². The minimum absolute atomic E-state index is 0.0690.